The average Bonchev–Trinajstić information content (AvgIpc) is 2.98. The van der Waals surface area contributed by atoms with Crippen molar-refractivity contribution in [1.29, 1.82) is 0 Å². The third-order valence-corrected chi connectivity index (χ3v) is 3.36. The fraction of sp³-hybridized carbons (Fsp3) is 0.133. The number of hydrogen-bond donors (Lipinski definition) is 3. The van der Waals surface area contributed by atoms with Crippen molar-refractivity contribution in [2.75, 3.05) is 12.8 Å². The Hall–Kier alpha value is -3.09. The number of benzene rings is 1. The zero-order valence-electron chi connectivity index (χ0n) is 12.0. The van der Waals surface area contributed by atoms with E-state index in [1.54, 1.807) is 0 Å². The summed E-state index contributed by atoms with van der Waals surface area (Å²) in [5, 5.41) is 3.44. The number of carbonyl (C=O) groups excluding carboxylic acids is 1. The van der Waals surface area contributed by atoms with Gasteiger partial charge >= 0.3 is 6.09 Å². The van der Waals surface area contributed by atoms with Gasteiger partial charge in [-0.05, 0) is 17.2 Å². The molecule has 22 heavy (non-hydrogen) atoms. The molecule has 0 fully saturated rings. The lowest BCUT2D eigenvalue weighted by atomic mass is 10.0. The third-order valence-electron chi connectivity index (χ3n) is 3.36. The van der Waals surface area contributed by atoms with Gasteiger partial charge in [-0.3, -0.25) is 0 Å². The van der Waals surface area contributed by atoms with Gasteiger partial charge in [-0.1, -0.05) is 18.2 Å². The van der Waals surface area contributed by atoms with Crippen LogP contribution in [0.25, 0.3) is 22.2 Å². The second-order valence-corrected chi connectivity index (χ2v) is 4.73. The molecule has 7 heteroatoms. The van der Waals surface area contributed by atoms with Crippen molar-refractivity contribution in [3.8, 4) is 11.1 Å². The first kappa shape index (κ1) is 13.9. The second kappa shape index (κ2) is 5.72. The molecule has 3 rings (SSSR count). The minimum absolute atomic E-state index is 0.384. The van der Waals surface area contributed by atoms with Crippen LogP contribution in [0.2, 0.25) is 0 Å². The van der Waals surface area contributed by atoms with E-state index in [-0.39, 0.29) is 0 Å². The molecule has 7 nitrogen and oxygen atoms in total. The van der Waals surface area contributed by atoms with Gasteiger partial charge in [0.25, 0.3) is 0 Å². The second-order valence-electron chi connectivity index (χ2n) is 4.73. The van der Waals surface area contributed by atoms with Crippen molar-refractivity contribution in [2.24, 2.45) is 0 Å². The van der Waals surface area contributed by atoms with Crippen molar-refractivity contribution in [1.82, 2.24) is 20.3 Å². The molecule has 0 atom stereocenters. The summed E-state index contributed by atoms with van der Waals surface area (Å²) in [7, 11) is 1.33. The Morgan fingerprint density at radius 3 is 3.09 bits per heavy atom. The molecule has 112 valence electrons. The van der Waals surface area contributed by atoms with E-state index in [0.717, 1.165) is 22.1 Å². The molecule has 4 N–H and O–H groups in total. The van der Waals surface area contributed by atoms with E-state index in [2.05, 4.69) is 25.0 Å². The summed E-state index contributed by atoms with van der Waals surface area (Å²) >= 11 is 0. The first-order valence-corrected chi connectivity index (χ1v) is 6.67. The molecule has 0 unspecified atom stereocenters. The fourth-order valence-electron chi connectivity index (χ4n) is 2.31. The maximum absolute atomic E-state index is 11.1. The molecular weight excluding hydrogens is 282 g/mol. The van der Waals surface area contributed by atoms with Gasteiger partial charge in [0.2, 0.25) is 0 Å². The van der Waals surface area contributed by atoms with Crippen LogP contribution in [0.1, 0.15) is 5.56 Å². The predicted octanol–water partition coefficient (Wildman–Crippen LogP) is 2.06. The first-order valence-electron chi connectivity index (χ1n) is 6.67. The average molecular weight is 297 g/mol. The molecule has 0 spiro atoms. The van der Waals surface area contributed by atoms with Crippen molar-refractivity contribution in [3.05, 3.63) is 42.4 Å². The highest BCUT2D eigenvalue weighted by atomic mass is 16.5. The number of ether oxygens (including phenoxy) is 1. The summed E-state index contributed by atoms with van der Waals surface area (Å²) in [5.41, 5.74) is 9.49. The van der Waals surface area contributed by atoms with E-state index in [4.69, 9.17) is 5.73 Å². The molecule has 0 saturated heterocycles. The Labute approximate surface area is 126 Å². The molecule has 0 bridgehead atoms. The molecule has 2 aromatic heterocycles. The van der Waals surface area contributed by atoms with Gasteiger partial charge in [0, 0.05) is 18.3 Å². The smallest absolute Gasteiger partial charge is 0.407 e. The quantitative estimate of drug-likeness (QED) is 0.686. The first-order chi connectivity index (χ1) is 10.7. The number of rotatable bonds is 3. The van der Waals surface area contributed by atoms with Gasteiger partial charge in [-0.25, -0.2) is 14.8 Å². The number of nitrogens with two attached hydrogens (primary N) is 1. The summed E-state index contributed by atoms with van der Waals surface area (Å²) in [6, 6.07) is 7.79. The normalized spacial score (nSPS) is 10.6. The molecule has 0 aliphatic rings. The largest absolute Gasteiger partial charge is 0.453 e. The molecule has 0 aliphatic heterocycles. The van der Waals surface area contributed by atoms with E-state index < -0.39 is 6.09 Å². The molecule has 1 aromatic carbocycles. The summed E-state index contributed by atoms with van der Waals surface area (Å²) < 4.78 is 4.56. The summed E-state index contributed by atoms with van der Waals surface area (Å²) in [4.78, 5) is 22.4. The topological polar surface area (TPSA) is 106 Å². The number of anilines is 1. The van der Waals surface area contributed by atoms with Crippen molar-refractivity contribution in [2.45, 2.75) is 6.54 Å². The zero-order valence-corrected chi connectivity index (χ0v) is 12.0. The van der Waals surface area contributed by atoms with Crippen LogP contribution in [-0.4, -0.2) is 28.2 Å². The van der Waals surface area contributed by atoms with Crippen molar-refractivity contribution >= 4 is 22.9 Å². The highest BCUT2D eigenvalue weighted by Gasteiger charge is 2.11. The molecule has 0 radical (unpaired) electrons. The van der Waals surface area contributed by atoms with Crippen LogP contribution in [0.5, 0.6) is 0 Å². The predicted molar refractivity (Wildman–Crippen MR) is 83.0 cm³/mol. The number of hydrogen-bond acceptors (Lipinski definition) is 5. The van der Waals surface area contributed by atoms with Crippen LogP contribution in [0.4, 0.5) is 10.6 Å². The van der Waals surface area contributed by atoms with Gasteiger partial charge in [0.05, 0.1) is 12.5 Å². The van der Waals surface area contributed by atoms with E-state index in [1.165, 1.54) is 13.4 Å². The number of H-pyrrole nitrogens is 1. The Kier molecular flexibility index (Phi) is 3.61. The number of amides is 1. The highest BCUT2D eigenvalue weighted by molar-refractivity contribution is 6.00. The molecule has 3 aromatic rings. The molecular formula is C15H15N5O2. The monoisotopic (exact) mass is 297 g/mol. The van der Waals surface area contributed by atoms with Gasteiger partial charge in [-0.15, -0.1) is 0 Å². The lowest BCUT2D eigenvalue weighted by molar-refractivity contribution is 0.170. The number of alkyl carbamates (subject to hydrolysis) is 1. The van der Waals surface area contributed by atoms with Crippen LogP contribution >= 0.6 is 0 Å². The number of nitrogen functional groups attached to an aromatic ring is 1. The maximum Gasteiger partial charge on any atom is 0.407 e. The van der Waals surface area contributed by atoms with Gasteiger partial charge in [0.1, 0.15) is 17.8 Å². The molecule has 1 amide bonds. The van der Waals surface area contributed by atoms with E-state index in [1.807, 2.05) is 30.5 Å². The maximum atomic E-state index is 11.1. The number of nitrogens with zero attached hydrogens (tertiary/aromatic N) is 2. The summed E-state index contributed by atoms with van der Waals surface area (Å²) in [5.74, 6) is 0.430. The van der Waals surface area contributed by atoms with Crippen molar-refractivity contribution < 1.29 is 9.53 Å². The number of nitrogens with one attached hydrogen (secondary N) is 2. The minimum atomic E-state index is -0.463. The van der Waals surface area contributed by atoms with E-state index in [9.17, 15) is 4.79 Å². The third kappa shape index (κ3) is 2.56. The SMILES string of the molecule is COC(=O)NCc1cccc(-c2c[nH]c3ncnc(N)c23)c1. The van der Waals surface area contributed by atoms with Crippen LogP contribution in [0, 0.1) is 0 Å². The number of fused-ring (bicyclic) bond motifs is 1. The number of methoxy groups -OCH3 is 1. The Balaban J connectivity index is 1.96. The highest BCUT2D eigenvalue weighted by Crippen LogP contribution is 2.30. The van der Waals surface area contributed by atoms with Crippen LogP contribution in [0.3, 0.4) is 0 Å². The summed E-state index contributed by atoms with van der Waals surface area (Å²) in [6.45, 7) is 0.384. The number of aromatic nitrogens is 3. The molecule has 2 heterocycles. The Morgan fingerprint density at radius 1 is 1.41 bits per heavy atom. The lowest BCUT2D eigenvalue weighted by Crippen LogP contribution is -2.22. The zero-order chi connectivity index (χ0) is 15.5. The fourth-order valence-corrected chi connectivity index (χ4v) is 2.31. The number of aromatic amines is 1. The standard InChI is InChI=1S/C15H15N5O2/c1-22-15(21)18-6-9-3-2-4-10(5-9)11-7-17-14-12(11)13(16)19-8-20-14/h2-5,7-8H,6H2,1H3,(H,18,21)(H3,16,17,19,20). The Morgan fingerprint density at radius 2 is 2.27 bits per heavy atom. The van der Waals surface area contributed by atoms with Crippen LogP contribution in [0.15, 0.2) is 36.8 Å². The van der Waals surface area contributed by atoms with Gasteiger partial charge in [-0.2, -0.15) is 0 Å². The van der Waals surface area contributed by atoms with Gasteiger partial charge < -0.3 is 20.8 Å². The molecule has 0 aliphatic carbocycles. The minimum Gasteiger partial charge on any atom is -0.453 e. The lowest BCUT2D eigenvalue weighted by Gasteiger charge is -2.06. The van der Waals surface area contributed by atoms with Gasteiger partial charge in [0.15, 0.2) is 0 Å². The van der Waals surface area contributed by atoms with Crippen LogP contribution in [-0.2, 0) is 11.3 Å². The molecule has 0 saturated carbocycles. The Bertz CT molecular complexity index is 828. The number of carbonyl (C=O) groups is 1. The van der Waals surface area contributed by atoms with Crippen molar-refractivity contribution in [3.63, 3.8) is 0 Å². The van der Waals surface area contributed by atoms with E-state index >= 15 is 0 Å². The van der Waals surface area contributed by atoms with E-state index in [0.29, 0.717) is 18.0 Å². The van der Waals surface area contributed by atoms with Crippen LogP contribution < -0.4 is 11.1 Å². The summed E-state index contributed by atoms with van der Waals surface area (Å²) in [6.07, 6.45) is 2.81.